The first-order valence-corrected chi connectivity index (χ1v) is 12.4. The number of nitrogens with two attached hydrogens (primary N) is 1. The Morgan fingerprint density at radius 1 is 1.15 bits per heavy atom. The molecule has 0 spiro atoms. The highest BCUT2D eigenvalue weighted by atomic mass is 19.1. The van der Waals surface area contributed by atoms with Crippen molar-refractivity contribution < 1.29 is 8.78 Å². The maximum Gasteiger partial charge on any atom is 0.155 e. The van der Waals surface area contributed by atoms with Crippen LogP contribution < -0.4 is 11.1 Å². The molecule has 3 rings (SSSR count). The molecule has 5 nitrogen and oxygen atoms in total. The van der Waals surface area contributed by atoms with E-state index in [-0.39, 0.29) is 23.6 Å². The molecule has 0 aliphatic carbocycles. The maximum atomic E-state index is 15.8. The number of nitrogen functional groups attached to an aromatic ring is 1. The van der Waals surface area contributed by atoms with E-state index in [1.54, 1.807) is 24.3 Å². The third-order valence-electron chi connectivity index (χ3n) is 5.89. The number of likely N-dealkylation sites (N-methyl/N-ethyl adjacent to an activating group) is 1. The molecule has 0 aliphatic rings. The fourth-order valence-corrected chi connectivity index (χ4v) is 3.95. The zero-order valence-corrected chi connectivity index (χ0v) is 22.7. The van der Waals surface area contributed by atoms with Gasteiger partial charge in [-0.3, -0.25) is 4.98 Å². The molecule has 0 amide bonds. The van der Waals surface area contributed by atoms with E-state index in [9.17, 15) is 4.39 Å². The Bertz CT molecular complexity index is 1410. The molecule has 4 N–H and O–H groups in total. The molecule has 0 aliphatic heterocycles. The molecule has 39 heavy (non-hydrogen) atoms. The number of pyridine rings is 1. The van der Waals surface area contributed by atoms with Crippen LogP contribution in [0.2, 0.25) is 0 Å². The van der Waals surface area contributed by atoms with Crippen LogP contribution in [0.3, 0.4) is 0 Å². The van der Waals surface area contributed by atoms with Crippen LogP contribution in [-0.4, -0.2) is 28.0 Å². The summed E-state index contributed by atoms with van der Waals surface area (Å²) in [6.07, 6.45) is 18.5. The molecule has 2 heterocycles. The number of nitrogens with one attached hydrogen (secondary N) is 2. The summed E-state index contributed by atoms with van der Waals surface area (Å²) >= 11 is 0. The Balaban J connectivity index is 0.00000260. The standard InChI is InChI=1S/C30H33F2N5.C2H2/c1-6-10-24(22-11-13-23(31)14-12-22)29-19(5)36-27(37-29)16-25-26(33)18-35-30(28(25)32)21(8-3)15-20(7-2)17-34-9-4;1-2/h6-8,10-15,18,34H,1-2,9,16-17,33H2,3-5H3,(H,36,37);1-2H/b20-15+,21-8+,24-10-;. The number of halogens is 2. The van der Waals surface area contributed by atoms with Gasteiger partial charge in [-0.2, -0.15) is 0 Å². The molecule has 3 aromatic rings. The monoisotopic (exact) mass is 527 g/mol. The fraction of sp³-hybridized carbons (Fsp3) is 0.188. The predicted molar refractivity (Wildman–Crippen MR) is 159 cm³/mol. The number of anilines is 1. The smallest absolute Gasteiger partial charge is 0.155 e. The van der Waals surface area contributed by atoms with E-state index in [1.807, 2.05) is 39.0 Å². The Hall–Kier alpha value is -4.54. The first kappa shape index (κ1) is 30.7. The van der Waals surface area contributed by atoms with Crippen LogP contribution in [0.5, 0.6) is 0 Å². The lowest BCUT2D eigenvalue weighted by Gasteiger charge is -2.12. The van der Waals surface area contributed by atoms with Crippen molar-refractivity contribution in [2.24, 2.45) is 0 Å². The molecular formula is C32H35F2N5. The number of aromatic nitrogens is 3. The van der Waals surface area contributed by atoms with Gasteiger partial charge in [0.1, 0.15) is 17.3 Å². The van der Waals surface area contributed by atoms with Gasteiger partial charge in [0.05, 0.1) is 17.6 Å². The number of imidazole rings is 1. The quantitative estimate of drug-likeness (QED) is 0.195. The number of hydrogen-bond donors (Lipinski definition) is 3. The van der Waals surface area contributed by atoms with Crippen molar-refractivity contribution in [3.05, 3.63) is 125 Å². The van der Waals surface area contributed by atoms with Crippen molar-refractivity contribution in [2.45, 2.75) is 27.2 Å². The average molecular weight is 528 g/mol. The molecule has 202 valence electrons. The lowest BCUT2D eigenvalue weighted by Crippen LogP contribution is -2.15. The van der Waals surface area contributed by atoms with Crippen molar-refractivity contribution >= 4 is 16.8 Å². The minimum atomic E-state index is -0.493. The number of nitrogens with zero attached hydrogens (tertiary/aromatic N) is 2. The molecule has 0 radical (unpaired) electrons. The molecule has 1 aromatic carbocycles. The number of terminal acetylenes is 1. The SMILES string of the molecule is C#C.C=C/C=C(/c1ccc(F)cc1)c1nc(Cc2c(N)cnc(C(/C=C(\C=C)CNCC)=C/C)c2F)[nH]c1C. The Morgan fingerprint density at radius 2 is 1.85 bits per heavy atom. The van der Waals surface area contributed by atoms with Gasteiger partial charge in [-0.05, 0) is 55.3 Å². The largest absolute Gasteiger partial charge is 0.397 e. The molecular weight excluding hydrogens is 492 g/mol. The molecule has 0 saturated heterocycles. The molecule has 0 fully saturated rings. The topological polar surface area (TPSA) is 79.6 Å². The van der Waals surface area contributed by atoms with Crippen LogP contribution in [-0.2, 0) is 6.42 Å². The summed E-state index contributed by atoms with van der Waals surface area (Å²) in [5, 5.41) is 3.25. The Labute approximate surface area is 230 Å². The third kappa shape index (κ3) is 7.73. The van der Waals surface area contributed by atoms with Gasteiger partial charge >= 0.3 is 0 Å². The summed E-state index contributed by atoms with van der Waals surface area (Å²) in [7, 11) is 0. The lowest BCUT2D eigenvalue weighted by molar-refractivity contribution is 0.602. The highest BCUT2D eigenvalue weighted by Crippen LogP contribution is 2.29. The Morgan fingerprint density at radius 3 is 2.44 bits per heavy atom. The average Bonchev–Trinajstić information content (AvgIpc) is 3.31. The van der Waals surface area contributed by atoms with Gasteiger partial charge in [0.25, 0.3) is 0 Å². The van der Waals surface area contributed by atoms with Crippen LogP contribution in [0.1, 0.15) is 47.9 Å². The van der Waals surface area contributed by atoms with Gasteiger partial charge in [0.2, 0.25) is 0 Å². The van der Waals surface area contributed by atoms with Gasteiger partial charge in [-0.1, -0.05) is 56.5 Å². The molecule has 0 bridgehead atoms. The van der Waals surface area contributed by atoms with Crippen LogP contribution in [0, 0.1) is 31.4 Å². The minimum Gasteiger partial charge on any atom is -0.397 e. The van der Waals surface area contributed by atoms with Gasteiger partial charge in [0, 0.05) is 29.8 Å². The maximum absolute atomic E-state index is 15.8. The van der Waals surface area contributed by atoms with Crippen LogP contribution in [0.25, 0.3) is 11.1 Å². The number of aromatic amines is 1. The van der Waals surface area contributed by atoms with E-state index in [4.69, 9.17) is 10.7 Å². The van der Waals surface area contributed by atoms with E-state index >= 15 is 4.39 Å². The number of hydrogen-bond acceptors (Lipinski definition) is 4. The van der Waals surface area contributed by atoms with E-state index in [2.05, 4.69) is 41.3 Å². The highest BCUT2D eigenvalue weighted by molar-refractivity contribution is 5.80. The van der Waals surface area contributed by atoms with E-state index < -0.39 is 5.82 Å². The van der Waals surface area contributed by atoms with Gasteiger partial charge in [0.15, 0.2) is 5.82 Å². The zero-order valence-electron chi connectivity index (χ0n) is 22.7. The second-order valence-electron chi connectivity index (χ2n) is 8.46. The lowest BCUT2D eigenvalue weighted by atomic mass is 10.0. The molecule has 0 saturated carbocycles. The van der Waals surface area contributed by atoms with Gasteiger partial charge < -0.3 is 16.0 Å². The summed E-state index contributed by atoms with van der Waals surface area (Å²) in [6.45, 7) is 14.8. The fourth-order valence-electron chi connectivity index (χ4n) is 3.95. The normalized spacial score (nSPS) is 12.0. The third-order valence-corrected chi connectivity index (χ3v) is 5.89. The van der Waals surface area contributed by atoms with E-state index in [0.29, 0.717) is 29.2 Å². The molecule has 0 atom stereocenters. The summed E-state index contributed by atoms with van der Waals surface area (Å²) in [5.74, 6) is -0.270. The number of allylic oxidation sites excluding steroid dienone is 5. The highest BCUT2D eigenvalue weighted by Gasteiger charge is 2.19. The van der Waals surface area contributed by atoms with Gasteiger partial charge in [-0.15, -0.1) is 12.8 Å². The van der Waals surface area contributed by atoms with Crippen LogP contribution in [0.4, 0.5) is 14.5 Å². The summed E-state index contributed by atoms with van der Waals surface area (Å²) in [6, 6.07) is 6.16. The second-order valence-corrected chi connectivity index (χ2v) is 8.46. The van der Waals surface area contributed by atoms with Crippen molar-refractivity contribution in [3.63, 3.8) is 0 Å². The molecule has 0 unspecified atom stereocenters. The summed E-state index contributed by atoms with van der Waals surface area (Å²) in [4.78, 5) is 12.3. The van der Waals surface area contributed by atoms with Crippen molar-refractivity contribution in [2.75, 3.05) is 18.8 Å². The van der Waals surface area contributed by atoms with Crippen molar-refractivity contribution in [1.82, 2.24) is 20.3 Å². The minimum absolute atomic E-state index is 0.144. The first-order valence-electron chi connectivity index (χ1n) is 12.4. The van der Waals surface area contributed by atoms with Crippen LogP contribution in [0.15, 0.2) is 79.6 Å². The Kier molecular flexibility index (Phi) is 11.8. The van der Waals surface area contributed by atoms with Gasteiger partial charge in [-0.25, -0.2) is 13.8 Å². The predicted octanol–water partition coefficient (Wildman–Crippen LogP) is 6.56. The molecule has 2 aromatic heterocycles. The van der Waals surface area contributed by atoms with Crippen LogP contribution >= 0.6 is 0 Å². The number of aryl methyl sites for hydroxylation is 1. The van der Waals surface area contributed by atoms with E-state index in [1.165, 1.54) is 18.3 Å². The summed E-state index contributed by atoms with van der Waals surface area (Å²) in [5.41, 5.74) is 11.5. The zero-order chi connectivity index (χ0) is 28.9. The number of H-pyrrole nitrogens is 1. The number of benzene rings is 1. The summed E-state index contributed by atoms with van der Waals surface area (Å²) < 4.78 is 29.3. The van der Waals surface area contributed by atoms with Crippen molar-refractivity contribution in [3.8, 4) is 12.8 Å². The first-order chi connectivity index (χ1) is 18.8. The number of rotatable bonds is 11. The molecule has 7 heteroatoms. The van der Waals surface area contributed by atoms with E-state index in [0.717, 1.165) is 28.9 Å². The van der Waals surface area contributed by atoms with Crippen molar-refractivity contribution in [1.29, 1.82) is 0 Å². The second kappa shape index (κ2) is 15.0.